The van der Waals surface area contributed by atoms with Crippen LogP contribution < -0.4 is 10.1 Å². The van der Waals surface area contributed by atoms with Crippen molar-refractivity contribution in [2.24, 2.45) is 0 Å². The lowest BCUT2D eigenvalue weighted by molar-refractivity contribution is -0.113. The molecule has 0 aliphatic rings. The zero-order chi connectivity index (χ0) is 22.9. The van der Waals surface area contributed by atoms with Crippen LogP contribution in [0.5, 0.6) is 5.75 Å². The second-order valence-corrected chi connectivity index (χ2v) is 8.63. The number of thioether (sulfide) groups is 1. The van der Waals surface area contributed by atoms with E-state index in [4.69, 9.17) is 9.47 Å². The summed E-state index contributed by atoms with van der Waals surface area (Å²) in [5.41, 5.74) is 1.27. The maximum atomic E-state index is 12.4. The molecule has 10 heteroatoms. The first kappa shape index (κ1) is 23.8. The molecule has 0 bridgehead atoms. The normalized spacial score (nSPS) is 10.7. The van der Waals surface area contributed by atoms with Gasteiger partial charge in [-0.05, 0) is 49.1 Å². The molecule has 2 heterocycles. The Bertz CT molecular complexity index is 1050. The van der Waals surface area contributed by atoms with Crippen LogP contribution in [0.25, 0.3) is 11.4 Å². The number of methoxy groups -OCH3 is 1. The molecule has 1 aromatic carbocycles. The summed E-state index contributed by atoms with van der Waals surface area (Å²) in [6.45, 7) is 5.51. The van der Waals surface area contributed by atoms with E-state index in [-0.39, 0.29) is 11.7 Å². The lowest BCUT2D eigenvalue weighted by atomic mass is 10.2. The monoisotopic (exact) mass is 474 g/mol. The van der Waals surface area contributed by atoms with E-state index < -0.39 is 5.97 Å². The van der Waals surface area contributed by atoms with Crippen molar-refractivity contribution in [1.29, 1.82) is 0 Å². The van der Waals surface area contributed by atoms with Gasteiger partial charge in [0.1, 0.15) is 10.8 Å². The molecule has 3 rings (SSSR count). The fraction of sp³-hybridized carbons (Fsp3) is 0.364. The second kappa shape index (κ2) is 11.7. The molecule has 0 saturated heterocycles. The molecule has 8 nitrogen and oxygen atoms in total. The summed E-state index contributed by atoms with van der Waals surface area (Å²) in [6, 6.07) is 9.41. The van der Waals surface area contributed by atoms with E-state index in [1.807, 2.05) is 35.8 Å². The molecule has 32 heavy (non-hydrogen) atoms. The van der Waals surface area contributed by atoms with Gasteiger partial charge < -0.3 is 19.4 Å². The van der Waals surface area contributed by atoms with Crippen LogP contribution >= 0.6 is 23.1 Å². The number of esters is 1. The number of thiophene rings is 1. The number of aromatic nitrogens is 3. The Morgan fingerprint density at radius 3 is 2.62 bits per heavy atom. The lowest BCUT2D eigenvalue weighted by Gasteiger charge is -2.09. The quantitative estimate of drug-likeness (QED) is 0.244. The Morgan fingerprint density at radius 1 is 1.16 bits per heavy atom. The highest BCUT2D eigenvalue weighted by Gasteiger charge is 2.18. The number of ether oxygens (including phenoxy) is 2. The first-order chi connectivity index (χ1) is 15.6. The van der Waals surface area contributed by atoms with Gasteiger partial charge in [-0.2, -0.15) is 0 Å². The van der Waals surface area contributed by atoms with Crippen molar-refractivity contribution < 1.29 is 19.1 Å². The van der Waals surface area contributed by atoms with Crippen LogP contribution in [0.15, 0.2) is 40.9 Å². The van der Waals surface area contributed by atoms with Crippen molar-refractivity contribution in [2.45, 2.75) is 38.4 Å². The van der Waals surface area contributed by atoms with Gasteiger partial charge in [-0.3, -0.25) is 4.79 Å². The fourth-order valence-corrected chi connectivity index (χ4v) is 4.49. The number of nitrogens with zero attached hydrogens (tertiary/aromatic N) is 3. The third kappa shape index (κ3) is 5.89. The van der Waals surface area contributed by atoms with Crippen molar-refractivity contribution >= 4 is 40.0 Å². The van der Waals surface area contributed by atoms with Crippen molar-refractivity contribution in [3.05, 3.63) is 41.3 Å². The highest BCUT2D eigenvalue weighted by molar-refractivity contribution is 7.99. The molecule has 0 saturated carbocycles. The maximum absolute atomic E-state index is 12.4. The summed E-state index contributed by atoms with van der Waals surface area (Å²) in [4.78, 5) is 24.2. The Labute approximate surface area is 195 Å². The fourth-order valence-electron chi connectivity index (χ4n) is 2.90. The Hall–Kier alpha value is -2.85. The van der Waals surface area contributed by atoms with E-state index >= 15 is 0 Å². The predicted molar refractivity (Wildman–Crippen MR) is 127 cm³/mol. The van der Waals surface area contributed by atoms with Gasteiger partial charge in [0.15, 0.2) is 11.0 Å². The zero-order valence-corrected chi connectivity index (χ0v) is 19.9. The number of hydrogen-bond acceptors (Lipinski definition) is 8. The van der Waals surface area contributed by atoms with Crippen molar-refractivity contribution in [1.82, 2.24) is 14.8 Å². The Kier molecular flexibility index (Phi) is 8.69. The number of hydrogen-bond donors (Lipinski definition) is 1. The molecule has 2 aromatic heterocycles. The molecule has 0 atom stereocenters. The smallest absolute Gasteiger partial charge is 0.340 e. The van der Waals surface area contributed by atoms with Crippen LogP contribution in [0.3, 0.4) is 0 Å². The average molecular weight is 475 g/mol. The average Bonchev–Trinajstić information content (AvgIpc) is 3.44. The van der Waals surface area contributed by atoms with Gasteiger partial charge in [0.2, 0.25) is 5.91 Å². The van der Waals surface area contributed by atoms with Crippen LogP contribution in [-0.2, 0) is 16.1 Å². The van der Waals surface area contributed by atoms with Crippen molar-refractivity contribution in [3.8, 4) is 17.1 Å². The third-order valence-corrected chi connectivity index (χ3v) is 6.36. The molecule has 0 fully saturated rings. The SMILES string of the molecule is CCCCOc1ccc(-c2nnc(SCC(=O)Nc3sccc3C(=O)OC)n2CC)cc1. The second-order valence-electron chi connectivity index (χ2n) is 6.77. The number of nitrogens with one attached hydrogen (secondary N) is 1. The van der Waals surface area contributed by atoms with Crippen molar-refractivity contribution in [2.75, 3.05) is 24.8 Å². The number of benzene rings is 1. The molecule has 1 N–H and O–H groups in total. The molecule has 170 valence electrons. The molecule has 1 amide bonds. The Balaban J connectivity index is 1.63. The highest BCUT2D eigenvalue weighted by atomic mass is 32.2. The van der Waals surface area contributed by atoms with Gasteiger partial charge in [0.25, 0.3) is 0 Å². The van der Waals surface area contributed by atoms with E-state index in [2.05, 4.69) is 22.4 Å². The topological polar surface area (TPSA) is 95.3 Å². The lowest BCUT2D eigenvalue weighted by Crippen LogP contribution is -2.16. The molecule has 0 aliphatic carbocycles. The molecule has 3 aromatic rings. The minimum Gasteiger partial charge on any atom is -0.494 e. The molecular formula is C22H26N4O4S2. The highest BCUT2D eigenvalue weighted by Crippen LogP contribution is 2.27. The van der Waals surface area contributed by atoms with Gasteiger partial charge in [0.05, 0.1) is 25.0 Å². The minimum atomic E-state index is -0.480. The van der Waals surface area contributed by atoms with Crippen LogP contribution in [0.1, 0.15) is 37.0 Å². The van der Waals surface area contributed by atoms with Crippen LogP contribution in [-0.4, -0.2) is 46.1 Å². The summed E-state index contributed by atoms with van der Waals surface area (Å²) in [7, 11) is 1.31. The van der Waals surface area contributed by atoms with Crippen molar-refractivity contribution in [3.63, 3.8) is 0 Å². The van der Waals surface area contributed by atoms with Gasteiger partial charge in [-0.15, -0.1) is 21.5 Å². The van der Waals surface area contributed by atoms with E-state index in [1.165, 1.54) is 30.2 Å². The summed E-state index contributed by atoms with van der Waals surface area (Å²) in [6.07, 6.45) is 2.12. The first-order valence-corrected chi connectivity index (χ1v) is 12.2. The van der Waals surface area contributed by atoms with Crippen LogP contribution in [0.2, 0.25) is 0 Å². The molecule has 0 spiro atoms. The molecule has 0 unspecified atom stereocenters. The number of carbonyl (C=O) groups is 2. The summed E-state index contributed by atoms with van der Waals surface area (Å²) >= 11 is 2.57. The number of amides is 1. The summed E-state index contributed by atoms with van der Waals surface area (Å²) < 4.78 is 12.4. The van der Waals surface area contributed by atoms with E-state index in [1.54, 1.807) is 11.4 Å². The molecule has 0 aliphatic heterocycles. The van der Waals surface area contributed by atoms with E-state index in [0.717, 1.165) is 30.0 Å². The van der Waals surface area contributed by atoms with Crippen LogP contribution in [0.4, 0.5) is 5.00 Å². The largest absolute Gasteiger partial charge is 0.494 e. The van der Waals surface area contributed by atoms with E-state index in [0.29, 0.717) is 28.9 Å². The summed E-state index contributed by atoms with van der Waals surface area (Å²) in [5, 5.41) is 14.2. The summed E-state index contributed by atoms with van der Waals surface area (Å²) in [5.74, 6) is 0.994. The molecule has 0 radical (unpaired) electrons. The Morgan fingerprint density at radius 2 is 1.94 bits per heavy atom. The van der Waals surface area contributed by atoms with Crippen LogP contribution in [0, 0.1) is 0 Å². The third-order valence-electron chi connectivity index (χ3n) is 4.57. The number of carbonyl (C=O) groups excluding carboxylic acids is 2. The van der Waals surface area contributed by atoms with Gasteiger partial charge >= 0.3 is 5.97 Å². The zero-order valence-electron chi connectivity index (χ0n) is 18.3. The van der Waals surface area contributed by atoms with Gasteiger partial charge in [-0.1, -0.05) is 25.1 Å². The van der Waals surface area contributed by atoms with Gasteiger partial charge in [-0.25, -0.2) is 4.79 Å². The number of anilines is 1. The van der Waals surface area contributed by atoms with Gasteiger partial charge in [0, 0.05) is 12.1 Å². The molecular weight excluding hydrogens is 448 g/mol. The maximum Gasteiger partial charge on any atom is 0.340 e. The first-order valence-electron chi connectivity index (χ1n) is 10.3. The van der Waals surface area contributed by atoms with E-state index in [9.17, 15) is 9.59 Å². The number of unbranched alkanes of at least 4 members (excludes halogenated alkanes) is 1. The standard InChI is InChI=1S/C22H26N4O4S2/c1-4-6-12-30-16-9-7-15(8-10-16)19-24-25-22(26(19)5-2)32-14-18(27)23-20-17(11-13-31-20)21(28)29-3/h7-11,13H,4-6,12,14H2,1-3H3,(H,23,27). The minimum absolute atomic E-state index is 0.140. The predicted octanol–water partition coefficient (Wildman–Crippen LogP) is 4.72. The number of rotatable bonds is 11.